The number of hydrogen-bond donors (Lipinski definition) is 3. The Morgan fingerprint density at radius 2 is 2.12 bits per heavy atom. The molecule has 0 bridgehead atoms. The summed E-state index contributed by atoms with van der Waals surface area (Å²) in [5.74, 6) is 2.35. The minimum absolute atomic E-state index is 0.00519. The maximum atomic E-state index is 11.6. The maximum Gasteiger partial charge on any atom is 0.315 e. The molecule has 0 aromatic heterocycles. The smallest absolute Gasteiger partial charge is 0.315 e. The Kier molecular flexibility index (Phi) is 4.78. The van der Waals surface area contributed by atoms with Crippen molar-refractivity contribution in [2.45, 2.75) is 37.8 Å². The molecular formula is C11H21N3OS. The molecule has 5 heteroatoms. The third kappa shape index (κ3) is 3.87. The number of carbonyl (C=O) groups is 1. The number of hydrogen-bond acceptors (Lipinski definition) is 3. The highest BCUT2D eigenvalue weighted by Crippen LogP contribution is 2.16. The van der Waals surface area contributed by atoms with E-state index in [-0.39, 0.29) is 6.03 Å². The lowest BCUT2D eigenvalue weighted by Gasteiger charge is -2.23. The largest absolute Gasteiger partial charge is 0.337 e. The van der Waals surface area contributed by atoms with E-state index in [4.69, 9.17) is 0 Å². The van der Waals surface area contributed by atoms with E-state index in [1.54, 1.807) is 0 Å². The van der Waals surface area contributed by atoms with Crippen LogP contribution >= 0.6 is 11.8 Å². The van der Waals surface area contributed by atoms with Crippen LogP contribution in [0.3, 0.4) is 0 Å². The first-order chi connectivity index (χ1) is 7.84. The second kappa shape index (κ2) is 6.35. The summed E-state index contributed by atoms with van der Waals surface area (Å²) in [7, 11) is 0. The second-order valence-corrected chi connectivity index (χ2v) is 5.76. The molecular weight excluding hydrogens is 222 g/mol. The average molecular weight is 243 g/mol. The van der Waals surface area contributed by atoms with Crippen molar-refractivity contribution in [2.24, 2.45) is 0 Å². The fourth-order valence-electron chi connectivity index (χ4n) is 2.23. The lowest BCUT2D eigenvalue weighted by molar-refractivity contribution is 0.235. The normalized spacial score (nSPS) is 26.6. The van der Waals surface area contributed by atoms with Gasteiger partial charge in [-0.25, -0.2) is 4.79 Å². The highest BCUT2D eigenvalue weighted by atomic mass is 32.2. The molecule has 2 heterocycles. The molecule has 2 aliphatic heterocycles. The Morgan fingerprint density at radius 1 is 1.31 bits per heavy atom. The van der Waals surface area contributed by atoms with Gasteiger partial charge in [-0.2, -0.15) is 11.8 Å². The van der Waals surface area contributed by atoms with Crippen molar-refractivity contribution in [3.05, 3.63) is 0 Å². The van der Waals surface area contributed by atoms with Crippen molar-refractivity contribution >= 4 is 17.8 Å². The van der Waals surface area contributed by atoms with Crippen LogP contribution < -0.4 is 16.0 Å². The fourth-order valence-corrected chi connectivity index (χ4v) is 3.33. The molecule has 2 fully saturated rings. The van der Waals surface area contributed by atoms with E-state index in [0.717, 1.165) is 25.9 Å². The summed E-state index contributed by atoms with van der Waals surface area (Å²) in [4.78, 5) is 11.6. The zero-order valence-electron chi connectivity index (χ0n) is 9.63. The molecule has 4 nitrogen and oxygen atoms in total. The van der Waals surface area contributed by atoms with Crippen molar-refractivity contribution in [1.29, 1.82) is 0 Å². The first-order valence-corrected chi connectivity index (χ1v) is 7.35. The molecule has 3 N–H and O–H groups in total. The molecule has 1 atom stereocenters. The van der Waals surface area contributed by atoms with Gasteiger partial charge in [0.1, 0.15) is 0 Å². The van der Waals surface area contributed by atoms with Crippen LogP contribution in [0.4, 0.5) is 4.79 Å². The van der Waals surface area contributed by atoms with Gasteiger partial charge < -0.3 is 16.0 Å². The topological polar surface area (TPSA) is 53.2 Å². The molecule has 92 valence electrons. The van der Waals surface area contributed by atoms with Gasteiger partial charge in [-0.3, -0.25) is 0 Å². The summed E-state index contributed by atoms with van der Waals surface area (Å²) in [5, 5.41) is 9.37. The van der Waals surface area contributed by atoms with Crippen LogP contribution in [0.5, 0.6) is 0 Å². The van der Waals surface area contributed by atoms with E-state index in [0.29, 0.717) is 12.1 Å². The molecule has 16 heavy (non-hydrogen) atoms. The maximum absolute atomic E-state index is 11.6. The molecule has 0 aromatic rings. The third-order valence-electron chi connectivity index (χ3n) is 3.23. The van der Waals surface area contributed by atoms with Crippen LogP contribution in [0.1, 0.15) is 25.7 Å². The Morgan fingerprint density at radius 3 is 2.81 bits per heavy atom. The summed E-state index contributed by atoms with van der Waals surface area (Å²) in [6.45, 7) is 1.85. The van der Waals surface area contributed by atoms with E-state index in [1.807, 2.05) is 11.8 Å². The van der Waals surface area contributed by atoms with Gasteiger partial charge in [-0.05, 0) is 43.7 Å². The summed E-state index contributed by atoms with van der Waals surface area (Å²) in [5.41, 5.74) is 0. The van der Waals surface area contributed by atoms with Gasteiger partial charge in [0.15, 0.2) is 0 Å². The SMILES string of the molecule is O=C(NCC1CCCN1)NC1CCSCC1. The molecule has 0 aliphatic carbocycles. The average Bonchev–Trinajstić information content (AvgIpc) is 2.81. The predicted molar refractivity (Wildman–Crippen MR) is 67.9 cm³/mol. The first-order valence-electron chi connectivity index (χ1n) is 6.20. The van der Waals surface area contributed by atoms with Gasteiger partial charge in [0.2, 0.25) is 0 Å². The van der Waals surface area contributed by atoms with Crippen LogP contribution in [-0.4, -0.2) is 42.7 Å². The Balaban J connectivity index is 1.59. The van der Waals surface area contributed by atoms with E-state index in [9.17, 15) is 4.79 Å². The molecule has 2 aliphatic rings. The Bertz CT molecular complexity index is 225. The highest BCUT2D eigenvalue weighted by molar-refractivity contribution is 7.99. The van der Waals surface area contributed by atoms with Gasteiger partial charge in [0.25, 0.3) is 0 Å². The Hall–Kier alpha value is -0.420. The minimum atomic E-state index is 0.00519. The number of amides is 2. The van der Waals surface area contributed by atoms with E-state index >= 15 is 0 Å². The van der Waals surface area contributed by atoms with Crippen LogP contribution in [0, 0.1) is 0 Å². The zero-order chi connectivity index (χ0) is 11.2. The van der Waals surface area contributed by atoms with Crippen LogP contribution in [0.25, 0.3) is 0 Å². The molecule has 0 radical (unpaired) electrons. The van der Waals surface area contributed by atoms with Gasteiger partial charge in [0, 0.05) is 18.6 Å². The number of nitrogens with one attached hydrogen (secondary N) is 3. The number of carbonyl (C=O) groups excluding carboxylic acids is 1. The third-order valence-corrected chi connectivity index (χ3v) is 4.28. The van der Waals surface area contributed by atoms with Crippen molar-refractivity contribution in [3.63, 3.8) is 0 Å². The van der Waals surface area contributed by atoms with Gasteiger partial charge >= 0.3 is 6.03 Å². The predicted octanol–water partition coefficient (Wildman–Crippen LogP) is 0.933. The first kappa shape index (κ1) is 12.0. The molecule has 0 aromatic carbocycles. The lowest BCUT2D eigenvalue weighted by Crippen LogP contribution is -2.46. The molecule has 2 amide bonds. The number of rotatable bonds is 3. The standard InChI is InChI=1S/C11H21N3OS/c15-11(13-8-10-2-1-5-12-10)14-9-3-6-16-7-4-9/h9-10,12H,1-8H2,(H2,13,14,15). The summed E-state index contributed by atoms with van der Waals surface area (Å²) < 4.78 is 0. The molecule has 0 saturated carbocycles. The van der Waals surface area contributed by atoms with Gasteiger partial charge in [-0.15, -0.1) is 0 Å². The fraction of sp³-hybridized carbons (Fsp3) is 0.909. The quantitative estimate of drug-likeness (QED) is 0.691. The van der Waals surface area contributed by atoms with E-state index in [2.05, 4.69) is 16.0 Å². The van der Waals surface area contributed by atoms with Crippen molar-refractivity contribution in [1.82, 2.24) is 16.0 Å². The summed E-state index contributed by atoms with van der Waals surface area (Å²) in [6.07, 6.45) is 4.63. The van der Waals surface area contributed by atoms with Crippen molar-refractivity contribution in [3.8, 4) is 0 Å². The molecule has 2 saturated heterocycles. The van der Waals surface area contributed by atoms with Crippen molar-refractivity contribution < 1.29 is 4.79 Å². The molecule has 2 rings (SSSR count). The summed E-state index contributed by atoms with van der Waals surface area (Å²) in [6, 6.07) is 0.871. The highest BCUT2D eigenvalue weighted by Gasteiger charge is 2.17. The molecule has 1 unspecified atom stereocenters. The zero-order valence-corrected chi connectivity index (χ0v) is 10.4. The van der Waals surface area contributed by atoms with Gasteiger partial charge in [-0.1, -0.05) is 0 Å². The van der Waals surface area contributed by atoms with Crippen LogP contribution in [0.15, 0.2) is 0 Å². The van der Waals surface area contributed by atoms with Crippen LogP contribution in [0.2, 0.25) is 0 Å². The van der Waals surface area contributed by atoms with Gasteiger partial charge in [0.05, 0.1) is 0 Å². The Labute approximate surface area is 101 Å². The number of thioether (sulfide) groups is 1. The lowest BCUT2D eigenvalue weighted by atomic mass is 10.1. The van der Waals surface area contributed by atoms with E-state index in [1.165, 1.54) is 24.3 Å². The van der Waals surface area contributed by atoms with Crippen molar-refractivity contribution in [2.75, 3.05) is 24.6 Å². The molecule has 0 spiro atoms. The summed E-state index contributed by atoms with van der Waals surface area (Å²) >= 11 is 1.98. The minimum Gasteiger partial charge on any atom is -0.337 e. The van der Waals surface area contributed by atoms with Crippen LogP contribution in [-0.2, 0) is 0 Å². The monoisotopic (exact) mass is 243 g/mol. The second-order valence-electron chi connectivity index (χ2n) is 4.53. The van der Waals surface area contributed by atoms with E-state index < -0.39 is 0 Å². The number of urea groups is 1.